The van der Waals surface area contributed by atoms with Gasteiger partial charge >= 0.3 is 0 Å². The van der Waals surface area contributed by atoms with Gasteiger partial charge in [0.15, 0.2) is 0 Å². The van der Waals surface area contributed by atoms with Gasteiger partial charge in [0.05, 0.1) is 6.54 Å². The first-order chi connectivity index (χ1) is 9.04. The molecule has 0 saturated carbocycles. The van der Waals surface area contributed by atoms with Crippen LogP contribution in [0, 0.1) is 11.3 Å². The van der Waals surface area contributed by atoms with Crippen LogP contribution in [-0.2, 0) is 16.6 Å². The summed E-state index contributed by atoms with van der Waals surface area (Å²) in [6, 6.07) is 4.57. The predicted octanol–water partition coefficient (Wildman–Crippen LogP) is 0.497. The molecule has 7 nitrogen and oxygen atoms in total. The summed E-state index contributed by atoms with van der Waals surface area (Å²) in [7, 11) is -2.18. The average molecular weight is 277 g/mol. The Morgan fingerprint density at radius 1 is 1.42 bits per heavy atom. The average Bonchev–Trinajstić information content (AvgIpc) is 2.91. The van der Waals surface area contributed by atoms with Crippen LogP contribution in [-0.4, -0.2) is 34.7 Å². The minimum atomic E-state index is -3.64. The van der Waals surface area contributed by atoms with Crippen LogP contribution < -0.4 is 0 Å². The first-order valence-electron chi connectivity index (χ1n) is 5.35. The van der Waals surface area contributed by atoms with Gasteiger partial charge in [0.1, 0.15) is 22.5 Å². The van der Waals surface area contributed by atoms with Crippen molar-refractivity contribution in [1.82, 2.24) is 19.3 Å². The van der Waals surface area contributed by atoms with Crippen LogP contribution in [0.3, 0.4) is 0 Å². The van der Waals surface area contributed by atoms with Crippen LogP contribution >= 0.6 is 0 Å². The van der Waals surface area contributed by atoms with Gasteiger partial charge in [-0.15, -0.1) is 0 Å². The SMILES string of the molecule is CN(Cc1ncc[nH]1)S(=O)(=O)c1ccc(C#N)nc1. The highest BCUT2D eigenvalue weighted by atomic mass is 32.2. The fourth-order valence-corrected chi connectivity index (χ4v) is 2.54. The largest absolute Gasteiger partial charge is 0.347 e. The minimum Gasteiger partial charge on any atom is -0.347 e. The molecule has 19 heavy (non-hydrogen) atoms. The molecule has 2 aromatic heterocycles. The molecule has 98 valence electrons. The number of nitriles is 1. The van der Waals surface area contributed by atoms with Gasteiger partial charge in [-0.3, -0.25) is 0 Å². The third-order valence-electron chi connectivity index (χ3n) is 2.49. The highest BCUT2D eigenvalue weighted by Crippen LogP contribution is 2.14. The number of hydrogen-bond donors (Lipinski definition) is 1. The molecule has 0 atom stereocenters. The molecule has 2 heterocycles. The monoisotopic (exact) mass is 277 g/mol. The number of pyridine rings is 1. The molecule has 0 aliphatic carbocycles. The Bertz CT molecular complexity index is 686. The molecular weight excluding hydrogens is 266 g/mol. The van der Waals surface area contributed by atoms with Crippen molar-refractivity contribution in [2.24, 2.45) is 0 Å². The van der Waals surface area contributed by atoms with Crippen molar-refractivity contribution in [2.75, 3.05) is 7.05 Å². The normalized spacial score (nSPS) is 11.4. The first-order valence-corrected chi connectivity index (χ1v) is 6.79. The van der Waals surface area contributed by atoms with E-state index in [9.17, 15) is 8.42 Å². The molecule has 0 aromatic carbocycles. The van der Waals surface area contributed by atoms with Gasteiger partial charge in [-0.05, 0) is 12.1 Å². The Morgan fingerprint density at radius 2 is 2.21 bits per heavy atom. The smallest absolute Gasteiger partial charge is 0.244 e. The highest BCUT2D eigenvalue weighted by molar-refractivity contribution is 7.89. The van der Waals surface area contributed by atoms with Gasteiger partial charge in [0.25, 0.3) is 0 Å². The fraction of sp³-hybridized carbons (Fsp3) is 0.182. The molecule has 0 fully saturated rings. The number of rotatable bonds is 4. The van der Waals surface area contributed by atoms with Crippen molar-refractivity contribution < 1.29 is 8.42 Å². The Labute approximate surface area is 110 Å². The molecule has 0 saturated heterocycles. The van der Waals surface area contributed by atoms with E-state index in [1.54, 1.807) is 12.4 Å². The standard InChI is InChI=1S/C11H11N5O2S/c1-16(8-11-13-4-5-14-11)19(17,18)10-3-2-9(6-12)15-7-10/h2-5,7H,8H2,1H3,(H,13,14). The fourth-order valence-electron chi connectivity index (χ4n) is 1.46. The molecule has 0 unspecified atom stereocenters. The van der Waals surface area contributed by atoms with Gasteiger partial charge in [-0.1, -0.05) is 0 Å². The van der Waals surface area contributed by atoms with Crippen LogP contribution in [0.4, 0.5) is 0 Å². The number of imidazole rings is 1. The zero-order valence-corrected chi connectivity index (χ0v) is 10.9. The molecule has 8 heteroatoms. The highest BCUT2D eigenvalue weighted by Gasteiger charge is 2.21. The van der Waals surface area contributed by atoms with Crippen molar-refractivity contribution in [2.45, 2.75) is 11.4 Å². The lowest BCUT2D eigenvalue weighted by atomic mass is 10.4. The number of H-pyrrole nitrogens is 1. The molecular formula is C11H11N5O2S. The second-order valence-electron chi connectivity index (χ2n) is 3.79. The lowest BCUT2D eigenvalue weighted by molar-refractivity contribution is 0.458. The summed E-state index contributed by atoms with van der Waals surface area (Å²) in [6.07, 6.45) is 4.35. The third kappa shape index (κ3) is 2.78. The van der Waals surface area contributed by atoms with Crippen LogP contribution in [0.15, 0.2) is 35.6 Å². The lowest BCUT2D eigenvalue weighted by Gasteiger charge is -2.15. The zero-order valence-electron chi connectivity index (χ0n) is 10.1. The minimum absolute atomic E-state index is 0.0422. The van der Waals surface area contributed by atoms with Gasteiger partial charge in [0.2, 0.25) is 10.0 Å². The van der Waals surface area contributed by atoms with Crippen molar-refractivity contribution in [3.63, 3.8) is 0 Å². The summed E-state index contributed by atoms with van der Waals surface area (Å²) in [6.45, 7) is 0.134. The van der Waals surface area contributed by atoms with Crippen LogP contribution in [0.25, 0.3) is 0 Å². The van der Waals surface area contributed by atoms with E-state index in [0.29, 0.717) is 5.82 Å². The van der Waals surface area contributed by atoms with Crippen molar-refractivity contribution in [1.29, 1.82) is 5.26 Å². The maximum Gasteiger partial charge on any atom is 0.244 e. The number of aromatic nitrogens is 3. The van der Waals surface area contributed by atoms with Crippen LogP contribution in [0.5, 0.6) is 0 Å². The quantitative estimate of drug-likeness (QED) is 0.876. The van der Waals surface area contributed by atoms with Crippen molar-refractivity contribution in [3.8, 4) is 6.07 Å². The summed E-state index contributed by atoms with van der Waals surface area (Å²) >= 11 is 0. The van der Waals surface area contributed by atoms with E-state index >= 15 is 0 Å². The second kappa shape index (κ2) is 5.17. The van der Waals surface area contributed by atoms with Crippen molar-refractivity contribution >= 4 is 10.0 Å². The summed E-state index contributed by atoms with van der Waals surface area (Å²) in [5.41, 5.74) is 0.174. The van der Waals surface area contributed by atoms with Crippen LogP contribution in [0.1, 0.15) is 11.5 Å². The summed E-state index contributed by atoms with van der Waals surface area (Å²) in [5, 5.41) is 8.63. The van der Waals surface area contributed by atoms with E-state index in [4.69, 9.17) is 5.26 Å². The number of nitrogens with one attached hydrogen (secondary N) is 1. The molecule has 0 aliphatic rings. The Balaban J connectivity index is 2.23. The molecule has 0 aliphatic heterocycles. The number of nitrogens with zero attached hydrogens (tertiary/aromatic N) is 4. The molecule has 2 rings (SSSR count). The maximum absolute atomic E-state index is 12.2. The third-order valence-corrected chi connectivity index (χ3v) is 4.27. The summed E-state index contributed by atoms with van der Waals surface area (Å²) in [5.74, 6) is 0.549. The van der Waals surface area contributed by atoms with E-state index in [1.807, 2.05) is 6.07 Å². The van der Waals surface area contributed by atoms with E-state index in [1.165, 1.54) is 25.4 Å². The van der Waals surface area contributed by atoms with Gasteiger partial charge in [0, 0.05) is 25.6 Å². The van der Waals surface area contributed by atoms with Gasteiger partial charge in [-0.2, -0.15) is 9.57 Å². The van der Waals surface area contributed by atoms with E-state index in [-0.39, 0.29) is 17.1 Å². The summed E-state index contributed by atoms with van der Waals surface area (Å²) < 4.78 is 25.6. The maximum atomic E-state index is 12.2. The molecule has 1 N–H and O–H groups in total. The van der Waals surface area contributed by atoms with Crippen LogP contribution in [0.2, 0.25) is 0 Å². The zero-order chi connectivity index (χ0) is 13.9. The van der Waals surface area contributed by atoms with E-state index < -0.39 is 10.0 Å². The Kier molecular flexibility index (Phi) is 3.59. The topological polar surface area (TPSA) is 103 Å². The Morgan fingerprint density at radius 3 is 2.74 bits per heavy atom. The lowest BCUT2D eigenvalue weighted by Crippen LogP contribution is -2.27. The first kappa shape index (κ1) is 13.2. The molecule has 2 aromatic rings. The van der Waals surface area contributed by atoms with Gasteiger partial charge < -0.3 is 4.98 Å². The van der Waals surface area contributed by atoms with E-state index in [0.717, 1.165) is 4.31 Å². The summed E-state index contributed by atoms with van der Waals surface area (Å²) in [4.78, 5) is 10.6. The number of aromatic amines is 1. The molecule has 0 spiro atoms. The number of sulfonamides is 1. The second-order valence-corrected chi connectivity index (χ2v) is 5.83. The van der Waals surface area contributed by atoms with Gasteiger partial charge in [-0.25, -0.2) is 18.4 Å². The van der Waals surface area contributed by atoms with E-state index in [2.05, 4.69) is 15.0 Å². The molecule has 0 radical (unpaired) electrons. The van der Waals surface area contributed by atoms with Crippen molar-refractivity contribution in [3.05, 3.63) is 42.2 Å². The number of hydrogen-bond acceptors (Lipinski definition) is 5. The predicted molar refractivity (Wildman–Crippen MR) is 66.2 cm³/mol. The molecule has 0 bridgehead atoms. The molecule has 0 amide bonds. The Hall–Kier alpha value is -2.24.